The highest BCUT2D eigenvalue weighted by atomic mass is 32.1. The lowest BCUT2D eigenvalue weighted by molar-refractivity contribution is 1.14. The van der Waals surface area contributed by atoms with Crippen molar-refractivity contribution in [1.29, 1.82) is 0 Å². The molecule has 2 heteroatoms. The van der Waals surface area contributed by atoms with Gasteiger partial charge in [-0.15, -0.1) is 11.3 Å². The van der Waals surface area contributed by atoms with E-state index in [1.807, 2.05) is 0 Å². The predicted molar refractivity (Wildman–Crippen MR) is 70.6 cm³/mol. The number of thiophene rings is 1. The fraction of sp³-hybridized carbons (Fsp3) is 0.143. The van der Waals surface area contributed by atoms with Crippen LogP contribution in [0.25, 0.3) is 16.6 Å². The van der Waals surface area contributed by atoms with E-state index in [1.54, 1.807) is 11.3 Å². The maximum absolute atomic E-state index is 2.25. The predicted octanol–water partition coefficient (Wildman–Crippen LogP) is 4.31. The summed E-state index contributed by atoms with van der Waals surface area (Å²) in [4.78, 5) is 1.35. The van der Waals surface area contributed by atoms with Crippen LogP contribution in [0.2, 0.25) is 0 Å². The Bertz CT molecular complexity index is 646. The van der Waals surface area contributed by atoms with Gasteiger partial charge in [0.1, 0.15) is 0 Å². The van der Waals surface area contributed by atoms with E-state index < -0.39 is 0 Å². The molecule has 0 aliphatic carbocycles. The molecule has 3 rings (SSSR count). The van der Waals surface area contributed by atoms with Gasteiger partial charge in [0, 0.05) is 21.8 Å². The van der Waals surface area contributed by atoms with Crippen molar-refractivity contribution in [1.82, 2.24) is 4.57 Å². The summed E-state index contributed by atoms with van der Waals surface area (Å²) in [5.41, 5.74) is 3.86. The Balaban J connectivity index is 2.25. The molecule has 0 amide bonds. The molecule has 1 aromatic carbocycles. The van der Waals surface area contributed by atoms with E-state index >= 15 is 0 Å². The first-order valence-corrected chi connectivity index (χ1v) is 6.25. The average Bonchev–Trinajstić information content (AvgIpc) is 2.83. The summed E-state index contributed by atoms with van der Waals surface area (Å²) in [6, 6.07) is 11.0. The van der Waals surface area contributed by atoms with E-state index in [4.69, 9.17) is 0 Å². The lowest BCUT2D eigenvalue weighted by atomic mass is 10.2. The smallest absolute Gasteiger partial charge is 0.0565 e. The minimum atomic E-state index is 1.27. The summed E-state index contributed by atoms with van der Waals surface area (Å²) in [7, 11) is 0. The van der Waals surface area contributed by atoms with Crippen molar-refractivity contribution in [3.8, 4) is 5.69 Å². The monoisotopic (exact) mass is 227 g/mol. The Morgan fingerprint density at radius 2 is 1.94 bits per heavy atom. The zero-order valence-electron chi connectivity index (χ0n) is 9.40. The molecule has 2 aromatic heterocycles. The first-order valence-electron chi connectivity index (χ1n) is 5.37. The normalized spacial score (nSPS) is 11.1. The third-order valence-electron chi connectivity index (χ3n) is 2.84. The van der Waals surface area contributed by atoms with Crippen molar-refractivity contribution in [2.24, 2.45) is 0 Å². The van der Waals surface area contributed by atoms with Crippen LogP contribution < -0.4 is 0 Å². The minimum Gasteiger partial charge on any atom is -0.316 e. The standard InChI is InChI=1S/C14H13NS/c1-10-3-4-14-12(7-10)5-6-15(14)13-8-11(2)16-9-13/h3-9H,1-2H3. The van der Waals surface area contributed by atoms with Crippen molar-refractivity contribution in [2.45, 2.75) is 13.8 Å². The Morgan fingerprint density at radius 1 is 1.06 bits per heavy atom. The lowest BCUT2D eigenvalue weighted by Gasteiger charge is -2.02. The van der Waals surface area contributed by atoms with Crippen molar-refractivity contribution in [3.05, 3.63) is 52.3 Å². The summed E-state index contributed by atoms with van der Waals surface area (Å²) >= 11 is 1.79. The fourth-order valence-corrected chi connectivity index (χ4v) is 2.72. The average molecular weight is 227 g/mol. The molecule has 0 fully saturated rings. The number of nitrogens with zero attached hydrogens (tertiary/aromatic N) is 1. The molecule has 3 aromatic rings. The van der Waals surface area contributed by atoms with Crippen LogP contribution in [0.5, 0.6) is 0 Å². The van der Waals surface area contributed by atoms with E-state index in [-0.39, 0.29) is 0 Å². The summed E-state index contributed by atoms with van der Waals surface area (Å²) < 4.78 is 2.25. The van der Waals surface area contributed by atoms with Gasteiger partial charge in [-0.2, -0.15) is 0 Å². The SMILES string of the molecule is Cc1ccc2c(ccn2-c2csc(C)c2)c1. The number of hydrogen-bond acceptors (Lipinski definition) is 1. The van der Waals surface area contributed by atoms with Gasteiger partial charge >= 0.3 is 0 Å². The van der Waals surface area contributed by atoms with Gasteiger partial charge < -0.3 is 4.57 Å². The molecule has 0 radical (unpaired) electrons. The van der Waals surface area contributed by atoms with Crippen LogP contribution in [-0.4, -0.2) is 4.57 Å². The van der Waals surface area contributed by atoms with E-state index in [2.05, 4.69) is 60.3 Å². The van der Waals surface area contributed by atoms with E-state index in [1.165, 1.54) is 27.0 Å². The van der Waals surface area contributed by atoms with E-state index in [0.717, 1.165) is 0 Å². The fourth-order valence-electron chi connectivity index (χ4n) is 2.04. The van der Waals surface area contributed by atoms with Gasteiger partial charge in [-0.3, -0.25) is 0 Å². The number of aryl methyl sites for hydroxylation is 2. The number of rotatable bonds is 1. The number of benzene rings is 1. The highest BCUT2D eigenvalue weighted by Crippen LogP contribution is 2.24. The molecule has 0 N–H and O–H groups in total. The number of aromatic nitrogens is 1. The van der Waals surface area contributed by atoms with Gasteiger partial charge in [0.05, 0.1) is 11.2 Å². The number of hydrogen-bond donors (Lipinski definition) is 0. The zero-order valence-corrected chi connectivity index (χ0v) is 10.2. The van der Waals surface area contributed by atoms with Crippen LogP contribution in [0.3, 0.4) is 0 Å². The Morgan fingerprint density at radius 3 is 2.69 bits per heavy atom. The largest absolute Gasteiger partial charge is 0.316 e. The van der Waals surface area contributed by atoms with E-state index in [9.17, 15) is 0 Å². The van der Waals surface area contributed by atoms with Crippen LogP contribution in [-0.2, 0) is 0 Å². The molecule has 2 heterocycles. The van der Waals surface area contributed by atoms with Crippen LogP contribution in [0.1, 0.15) is 10.4 Å². The highest BCUT2D eigenvalue weighted by Gasteiger charge is 2.04. The quantitative estimate of drug-likeness (QED) is 0.584. The van der Waals surface area contributed by atoms with Crippen LogP contribution in [0, 0.1) is 13.8 Å². The molecule has 1 nitrogen and oxygen atoms in total. The maximum Gasteiger partial charge on any atom is 0.0565 e. The molecule has 0 bridgehead atoms. The maximum atomic E-state index is 2.25. The second-order valence-electron chi connectivity index (χ2n) is 4.16. The van der Waals surface area contributed by atoms with Gasteiger partial charge in [-0.1, -0.05) is 11.6 Å². The molecule has 0 atom stereocenters. The molecule has 0 spiro atoms. The molecule has 0 saturated carbocycles. The van der Waals surface area contributed by atoms with Gasteiger partial charge in [0.2, 0.25) is 0 Å². The lowest BCUT2D eigenvalue weighted by Crippen LogP contribution is -1.88. The molecule has 80 valence electrons. The third kappa shape index (κ3) is 1.46. The second-order valence-corrected chi connectivity index (χ2v) is 5.28. The molecule has 0 saturated heterocycles. The van der Waals surface area contributed by atoms with E-state index in [0.29, 0.717) is 0 Å². The van der Waals surface area contributed by atoms with Crippen LogP contribution >= 0.6 is 11.3 Å². The molecule has 0 unspecified atom stereocenters. The van der Waals surface area contributed by atoms with Crippen molar-refractivity contribution >= 4 is 22.2 Å². The van der Waals surface area contributed by atoms with Crippen molar-refractivity contribution < 1.29 is 0 Å². The molecule has 16 heavy (non-hydrogen) atoms. The molecule has 0 aliphatic rings. The highest BCUT2D eigenvalue weighted by molar-refractivity contribution is 7.10. The summed E-state index contributed by atoms with van der Waals surface area (Å²) in [6.45, 7) is 4.27. The summed E-state index contributed by atoms with van der Waals surface area (Å²) in [6.07, 6.45) is 2.14. The van der Waals surface area contributed by atoms with Gasteiger partial charge in [-0.25, -0.2) is 0 Å². The van der Waals surface area contributed by atoms with Crippen molar-refractivity contribution in [3.63, 3.8) is 0 Å². The van der Waals surface area contributed by atoms with Crippen LogP contribution in [0.15, 0.2) is 41.9 Å². The van der Waals surface area contributed by atoms with Gasteiger partial charge in [0.25, 0.3) is 0 Å². The molecule has 0 aliphatic heterocycles. The van der Waals surface area contributed by atoms with Crippen LogP contribution in [0.4, 0.5) is 0 Å². The van der Waals surface area contributed by atoms with Gasteiger partial charge in [0.15, 0.2) is 0 Å². The second kappa shape index (κ2) is 3.49. The zero-order chi connectivity index (χ0) is 11.1. The Hall–Kier alpha value is -1.54. The minimum absolute atomic E-state index is 1.27. The van der Waals surface area contributed by atoms with Crippen molar-refractivity contribution in [2.75, 3.05) is 0 Å². The summed E-state index contributed by atoms with van der Waals surface area (Å²) in [5.74, 6) is 0. The topological polar surface area (TPSA) is 4.93 Å². The third-order valence-corrected chi connectivity index (χ3v) is 3.69. The first kappa shape index (κ1) is 9.67. The molecular weight excluding hydrogens is 214 g/mol. The van der Waals surface area contributed by atoms with Gasteiger partial charge in [-0.05, 0) is 38.1 Å². The first-order chi connectivity index (χ1) is 7.74. The number of fused-ring (bicyclic) bond motifs is 1. The Labute approximate surface area is 99.0 Å². The Kier molecular flexibility index (Phi) is 2.11. The summed E-state index contributed by atoms with van der Waals surface area (Å²) in [5, 5.41) is 3.51. The molecular formula is C14H13NS.